The minimum absolute atomic E-state index is 0.430. The second kappa shape index (κ2) is 10.7. The Balaban J connectivity index is 1.65. The van der Waals surface area contributed by atoms with Gasteiger partial charge in [-0.15, -0.1) is 0 Å². The molecule has 0 aliphatic carbocycles. The Labute approximate surface area is 187 Å². The van der Waals surface area contributed by atoms with E-state index in [1.165, 1.54) is 6.92 Å². The molecule has 0 radical (unpaired) electrons. The van der Waals surface area contributed by atoms with Crippen molar-refractivity contribution in [2.24, 2.45) is 0 Å². The fourth-order valence-electron chi connectivity index (χ4n) is 3.77. The van der Waals surface area contributed by atoms with Gasteiger partial charge >= 0.3 is 5.97 Å². The molecule has 3 aliphatic heterocycles. The van der Waals surface area contributed by atoms with E-state index in [-0.39, 0.29) is 0 Å². The number of aliphatic hydroxyl groups excluding tert-OH is 8. The van der Waals surface area contributed by atoms with Gasteiger partial charge in [0.05, 0.1) is 19.8 Å². The lowest BCUT2D eigenvalue weighted by Gasteiger charge is -2.45. The Hall–Kier alpha value is -1.05. The van der Waals surface area contributed by atoms with Crippen molar-refractivity contribution in [2.75, 3.05) is 13.7 Å². The van der Waals surface area contributed by atoms with E-state index in [0.29, 0.717) is 0 Å². The van der Waals surface area contributed by atoms with Crippen molar-refractivity contribution < 1.29 is 74.1 Å². The first-order valence-electron chi connectivity index (χ1n) is 10.2. The number of hydrogen-bond donors (Lipinski definition) is 8. The van der Waals surface area contributed by atoms with E-state index in [2.05, 4.69) is 4.74 Å². The van der Waals surface area contributed by atoms with Gasteiger partial charge < -0.3 is 69.3 Å². The van der Waals surface area contributed by atoms with Crippen LogP contribution < -0.4 is 0 Å². The molecule has 0 unspecified atom stereocenters. The Morgan fingerprint density at radius 1 is 0.758 bits per heavy atom. The number of aliphatic hydroxyl groups is 8. The topological polar surface area (TPSA) is 234 Å². The van der Waals surface area contributed by atoms with Crippen molar-refractivity contribution in [3.8, 4) is 0 Å². The van der Waals surface area contributed by atoms with Gasteiger partial charge in [-0.05, 0) is 6.92 Å². The summed E-state index contributed by atoms with van der Waals surface area (Å²) < 4.78 is 30.9. The normalized spacial score (nSPS) is 51.2. The van der Waals surface area contributed by atoms with Crippen LogP contribution >= 0.6 is 0 Å². The lowest BCUT2D eigenvalue weighted by Crippen LogP contribution is -2.64. The van der Waals surface area contributed by atoms with E-state index in [1.807, 2.05) is 0 Å². The molecule has 0 aromatic carbocycles. The molecule has 0 aromatic rings. The molecule has 0 aromatic heterocycles. The van der Waals surface area contributed by atoms with Crippen LogP contribution in [0.2, 0.25) is 0 Å². The van der Waals surface area contributed by atoms with Crippen LogP contribution in [0.5, 0.6) is 0 Å². The number of esters is 1. The van der Waals surface area contributed by atoms with Crippen molar-refractivity contribution in [1.29, 1.82) is 0 Å². The smallest absolute Gasteiger partial charge is 0.337 e. The SMILES string of the molecule is COC(=O)[C@H]1O[C@@H](O)[C@H](O)[C@@H](O)[C@@H]1O[C@@H]1OC[C@@H](O[C@@H]2O[C@@H](C)[C@H](O)[C@@H](O)[C@H]2O)[C@H](O)[C@H]1O. The Morgan fingerprint density at radius 2 is 1.39 bits per heavy atom. The first kappa shape index (κ1) is 26.6. The van der Waals surface area contributed by atoms with E-state index < -0.39 is 98.6 Å². The molecule has 3 heterocycles. The van der Waals surface area contributed by atoms with E-state index >= 15 is 0 Å². The van der Waals surface area contributed by atoms with Gasteiger partial charge in [0.1, 0.15) is 54.9 Å². The van der Waals surface area contributed by atoms with Crippen LogP contribution in [-0.2, 0) is 33.2 Å². The zero-order valence-corrected chi connectivity index (χ0v) is 17.7. The van der Waals surface area contributed by atoms with Crippen LogP contribution in [0, 0.1) is 0 Å². The highest BCUT2D eigenvalue weighted by Gasteiger charge is 2.52. The van der Waals surface area contributed by atoms with Gasteiger partial charge in [-0.2, -0.15) is 0 Å². The summed E-state index contributed by atoms with van der Waals surface area (Å²) in [7, 11) is 1.02. The molecule has 0 amide bonds. The first-order chi connectivity index (χ1) is 15.5. The number of hydrogen-bond acceptors (Lipinski definition) is 15. The van der Waals surface area contributed by atoms with Gasteiger partial charge in [0, 0.05) is 0 Å². The number of rotatable bonds is 5. The predicted octanol–water partition coefficient (Wildman–Crippen LogP) is -5.73. The Bertz CT molecular complexity index is 665. The van der Waals surface area contributed by atoms with Crippen molar-refractivity contribution in [3.05, 3.63) is 0 Å². The molecule has 3 fully saturated rings. The Kier molecular flexibility index (Phi) is 8.61. The molecule has 3 saturated heterocycles. The third kappa shape index (κ3) is 5.30. The molecular formula is C18H30O15. The van der Waals surface area contributed by atoms with Gasteiger partial charge in [-0.3, -0.25) is 0 Å². The fourth-order valence-corrected chi connectivity index (χ4v) is 3.77. The second-order valence-corrected chi connectivity index (χ2v) is 8.09. The summed E-state index contributed by atoms with van der Waals surface area (Å²) in [6.07, 6.45) is -22.3. The monoisotopic (exact) mass is 486 g/mol. The van der Waals surface area contributed by atoms with Gasteiger partial charge in [0.15, 0.2) is 25.0 Å². The molecule has 3 aliphatic rings. The number of carbonyl (C=O) groups is 1. The molecule has 0 spiro atoms. The molecule has 192 valence electrons. The van der Waals surface area contributed by atoms with Gasteiger partial charge in [-0.1, -0.05) is 0 Å². The van der Waals surface area contributed by atoms with E-state index in [9.17, 15) is 45.6 Å². The standard InChI is InChI=1S/C18H30O15/c1-4-6(19)8(21)12(25)18(30-4)31-5-3-29-17(11(24)7(5)20)33-13-9(22)10(23)15(26)32-14(13)16(27)28-2/h4-15,17-26H,3H2,1-2H3/t4-,5+,6-,7-,8+,9+,10+,11+,12+,13-,14-,15+,17-,18-/m0/s1. The molecule has 0 bridgehead atoms. The molecule has 33 heavy (non-hydrogen) atoms. The summed E-state index contributed by atoms with van der Waals surface area (Å²) in [6, 6.07) is 0. The summed E-state index contributed by atoms with van der Waals surface area (Å²) in [4.78, 5) is 12.0. The second-order valence-electron chi connectivity index (χ2n) is 8.09. The fraction of sp³-hybridized carbons (Fsp3) is 0.944. The third-order valence-electron chi connectivity index (χ3n) is 5.84. The predicted molar refractivity (Wildman–Crippen MR) is 98.8 cm³/mol. The van der Waals surface area contributed by atoms with Crippen molar-refractivity contribution in [2.45, 2.75) is 92.9 Å². The van der Waals surface area contributed by atoms with Crippen LogP contribution in [0.25, 0.3) is 0 Å². The zero-order chi connectivity index (χ0) is 24.6. The largest absolute Gasteiger partial charge is 0.467 e. The highest BCUT2D eigenvalue weighted by molar-refractivity contribution is 5.75. The maximum absolute atomic E-state index is 12.0. The number of ether oxygens (including phenoxy) is 6. The maximum atomic E-state index is 12.0. The lowest BCUT2D eigenvalue weighted by molar-refractivity contribution is -0.358. The van der Waals surface area contributed by atoms with Crippen molar-refractivity contribution >= 4 is 5.97 Å². The molecule has 14 atom stereocenters. The van der Waals surface area contributed by atoms with Crippen LogP contribution in [-0.4, -0.2) is 147 Å². The molecular weight excluding hydrogens is 456 g/mol. The molecule has 0 saturated carbocycles. The number of carbonyl (C=O) groups excluding carboxylic acids is 1. The van der Waals surface area contributed by atoms with Crippen molar-refractivity contribution in [3.63, 3.8) is 0 Å². The van der Waals surface area contributed by atoms with Crippen LogP contribution in [0.1, 0.15) is 6.92 Å². The molecule has 15 heteroatoms. The van der Waals surface area contributed by atoms with Crippen molar-refractivity contribution in [1.82, 2.24) is 0 Å². The average Bonchev–Trinajstić information content (AvgIpc) is 2.79. The molecule has 8 N–H and O–H groups in total. The molecule has 15 nitrogen and oxygen atoms in total. The minimum atomic E-state index is -1.91. The molecule has 3 rings (SSSR count). The van der Waals surface area contributed by atoms with Crippen LogP contribution in [0.15, 0.2) is 0 Å². The van der Waals surface area contributed by atoms with Crippen LogP contribution in [0.3, 0.4) is 0 Å². The maximum Gasteiger partial charge on any atom is 0.337 e. The summed E-state index contributed by atoms with van der Waals surface area (Å²) >= 11 is 0. The number of methoxy groups -OCH3 is 1. The quantitative estimate of drug-likeness (QED) is 0.169. The van der Waals surface area contributed by atoms with E-state index in [4.69, 9.17) is 23.7 Å². The summed E-state index contributed by atoms with van der Waals surface area (Å²) in [5.74, 6) is -1.05. The van der Waals surface area contributed by atoms with Gasteiger partial charge in [0.25, 0.3) is 0 Å². The van der Waals surface area contributed by atoms with E-state index in [0.717, 1.165) is 7.11 Å². The minimum Gasteiger partial charge on any atom is -0.467 e. The lowest BCUT2D eigenvalue weighted by atomic mass is 9.98. The van der Waals surface area contributed by atoms with Crippen LogP contribution in [0.4, 0.5) is 0 Å². The van der Waals surface area contributed by atoms with Gasteiger partial charge in [0.2, 0.25) is 0 Å². The Morgan fingerprint density at radius 3 is 2.03 bits per heavy atom. The summed E-state index contributed by atoms with van der Waals surface area (Å²) in [6.45, 7) is 1.00. The zero-order valence-electron chi connectivity index (χ0n) is 17.7. The summed E-state index contributed by atoms with van der Waals surface area (Å²) in [5.41, 5.74) is 0. The van der Waals surface area contributed by atoms with E-state index in [1.54, 1.807) is 0 Å². The van der Waals surface area contributed by atoms with Gasteiger partial charge in [-0.25, -0.2) is 4.79 Å². The third-order valence-corrected chi connectivity index (χ3v) is 5.84. The highest BCUT2D eigenvalue weighted by Crippen LogP contribution is 2.30. The average molecular weight is 486 g/mol. The first-order valence-corrected chi connectivity index (χ1v) is 10.2. The highest BCUT2D eigenvalue weighted by atomic mass is 16.7. The summed E-state index contributed by atoms with van der Waals surface area (Å²) in [5, 5.41) is 80.3.